The van der Waals surface area contributed by atoms with Crippen LogP contribution in [-0.2, 0) is 13.5 Å². The van der Waals surface area contributed by atoms with Crippen molar-refractivity contribution in [1.29, 1.82) is 0 Å². The zero-order valence-electron chi connectivity index (χ0n) is 10.5. The molecule has 0 aliphatic rings. The number of aryl methyl sites for hydroxylation is 3. The molecule has 0 atom stereocenters. The molecule has 3 nitrogen and oxygen atoms in total. The highest BCUT2D eigenvalue weighted by Crippen LogP contribution is 2.18. The van der Waals surface area contributed by atoms with E-state index in [2.05, 4.69) is 4.98 Å². The maximum Gasteiger partial charge on any atom is 0.163 e. The van der Waals surface area contributed by atoms with Crippen LogP contribution in [0.25, 0.3) is 0 Å². The van der Waals surface area contributed by atoms with E-state index >= 15 is 0 Å². The van der Waals surface area contributed by atoms with Crippen molar-refractivity contribution < 1.29 is 4.79 Å². The van der Waals surface area contributed by atoms with Crippen LogP contribution in [0.4, 0.5) is 0 Å². The van der Waals surface area contributed by atoms with E-state index in [9.17, 15) is 4.79 Å². The van der Waals surface area contributed by atoms with Gasteiger partial charge in [0.2, 0.25) is 0 Å². The van der Waals surface area contributed by atoms with Crippen LogP contribution < -0.4 is 0 Å². The summed E-state index contributed by atoms with van der Waals surface area (Å²) in [6.07, 6.45) is 4.71. The monoisotopic (exact) mass is 262 g/mol. The Bertz CT molecular complexity index is 575. The topological polar surface area (TPSA) is 34.9 Å². The largest absolute Gasteiger partial charge is 0.338 e. The molecule has 2 aromatic rings. The highest BCUT2D eigenvalue weighted by molar-refractivity contribution is 6.31. The van der Waals surface area contributed by atoms with Crippen molar-refractivity contribution in [2.75, 3.05) is 0 Å². The fourth-order valence-corrected chi connectivity index (χ4v) is 1.95. The summed E-state index contributed by atoms with van der Waals surface area (Å²) >= 11 is 6.01. The number of ketones is 1. The second kappa shape index (κ2) is 5.36. The van der Waals surface area contributed by atoms with Gasteiger partial charge in [-0.15, -0.1) is 0 Å². The average molecular weight is 263 g/mol. The van der Waals surface area contributed by atoms with Gasteiger partial charge in [0.25, 0.3) is 0 Å². The van der Waals surface area contributed by atoms with Crippen molar-refractivity contribution in [2.24, 2.45) is 7.05 Å². The second-order valence-electron chi connectivity index (χ2n) is 4.34. The van der Waals surface area contributed by atoms with Crippen LogP contribution in [0.3, 0.4) is 0 Å². The minimum absolute atomic E-state index is 0.0971. The van der Waals surface area contributed by atoms with E-state index in [4.69, 9.17) is 11.6 Å². The van der Waals surface area contributed by atoms with Gasteiger partial charge in [-0.2, -0.15) is 0 Å². The number of hydrogen-bond donors (Lipinski definition) is 0. The lowest BCUT2D eigenvalue weighted by Gasteiger charge is -2.04. The maximum atomic E-state index is 12.0. The first-order chi connectivity index (χ1) is 8.58. The molecule has 0 N–H and O–H groups in total. The van der Waals surface area contributed by atoms with Crippen LogP contribution in [0.5, 0.6) is 0 Å². The number of benzene rings is 1. The Morgan fingerprint density at radius 3 is 2.83 bits per heavy atom. The van der Waals surface area contributed by atoms with Gasteiger partial charge in [0.1, 0.15) is 5.82 Å². The number of aromatic nitrogens is 2. The van der Waals surface area contributed by atoms with E-state index in [1.165, 1.54) is 0 Å². The Hall–Kier alpha value is -1.61. The molecule has 1 heterocycles. The molecule has 0 radical (unpaired) electrons. The number of halogens is 1. The zero-order valence-corrected chi connectivity index (χ0v) is 11.2. The number of hydrogen-bond acceptors (Lipinski definition) is 2. The van der Waals surface area contributed by atoms with E-state index in [0.717, 1.165) is 11.4 Å². The van der Waals surface area contributed by atoms with Gasteiger partial charge in [-0.25, -0.2) is 4.98 Å². The van der Waals surface area contributed by atoms with E-state index in [0.29, 0.717) is 23.4 Å². The number of imidazole rings is 1. The molecule has 94 valence electrons. The van der Waals surface area contributed by atoms with Gasteiger partial charge >= 0.3 is 0 Å². The van der Waals surface area contributed by atoms with E-state index in [1.54, 1.807) is 12.3 Å². The summed E-state index contributed by atoms with van der Waals surface area (Å²) in [6.45, 7) is 1.92. The Morgan fingerprint density at radius 2 is 2.22 bits per heavy atom. The molecule has 0 bridgehead atoms. The second-order valence-corrected chi connectivity index (χ2v) is 4.75. The molecule has 0 unspecified atom stereocenters. The first kappa shape index (κ1) is 12.8. The lowest BCUT2D eigenvalue weighted by atomic mass is 10.0. The predicted molar refractivity (Wildman–Crippen MR) is 72.0 cm³/mol. The Morgan fingerprint density at radius 1 is 1.44 bits per heavy atom. The van der Waals surface area contributed by atoms with E-state index in [1.807, 2.05) is 36.9 Å². The summed E-state index contributed by atoms with van der Waals surface area (Å²) in [5.74, 6) is 1.02. The molecular formula is C14H15ClN2O. The fourth-order valence-electron chi connectivity index (χ4n) is 1.77. The van der Waals surface area contributed by atoms with Crippen molar-refractivity contribution in [1.82, 2.24) is 9.55 Å². The first-order valence-electron chi connectivity index (χ1n) is 5.83. The molecule has 2 rings (SSSR count). The molecule has 4 heteroatoms. The third-order valence-electron chi connectivity index (χ3n) is 2.99. The van der Waals surface area contributed by atoms with Crippen molar-refractivity contribution >= 4 is 17.4 Å². The van der Waals surface area contributed by atoms with E-state index < -0.39 is 0 Å². The van der Waals surface area contributed by atoms with Crippen LogP contribution in [0.15, 0.2) is 30.6 Å². The molecule has 0 saturated heterocycles. The summed E-state index contributed by atoms with van der Waals surface area (Å²) in [4.78, 5) is 16.2. The average Bonchev–Trinajstić information content (AvgIpc) is 2.75. The number of rotatable bonds is 4. The van der Waals surface area contributed by atoms with Crippen molar-refractivity contribution in [3.8, 4) is 0 Å². The summed E-state index contributed by atoms with van der Waals surface area (Å²) in [5.41, 5.74) is 1.65. The van der Waals surface area contributed by atoms with Crippen molar-refractivity contribution in [3.63, 3.8) is 0 Å². The summed E-state index contributed by atoms with van der Waals surface area (Å²) < 4.78 is 1.93. The molecule has 0 aliphatic carbocycles. The lowest BCUT2D eigenvalue weighted by Crippen LogP contribution is -2.05. The molecule has 0 aliphatic heterocycles. The van der Waals surface area contributed by atoms with Gasteiger partial charge in [-0.05, 0) is 18.6 Å². The van der Waals surface area contributed by atoms with Gasteiger partial charge in [0.15, 0.2) is 5.78 Å². The molecule has 0 spiro atoms. The quantitative estimate of drug-likeness (QED) is 0.793. The minimum Gasteiger partial charge on any atom is -0.338 e. The smallest absolute Gasteiger partial charge is 0.163 e. The SMILES string of the molecule is Cc1ccc(C(=O)CCc2nccn2C)cc1Cl. The van der Waals surface area contributed by atoms with Crippen LogP contribution in [-0.4, -0.2) is 15.3 Å². The molecule has 0 amide bonds. The molecule has 1 aromatic carbocycles. The highest BCUT2D eigenvalue weighted by Gasteiger charge is 2.09. The molecule has 1 aromatic heterocycles. The number of nitrogens with zero attached hydrogens (tertiary/aromatic N) is 2. The highest BCUT2D eigenvalue weighted by atomic mass is 35.5. The molecule has 18 heavy (non-hydrogen) atoms. The lowest BCUT2D eigenvalue weighted by molar-refractivity contribution is 0.0982. The van der Waals surface area contributed by atoms with Gasteiger partial charge in [-0.3, -0.25) is 4.79 Å². The Balaban J connectivity index is 2.04. The number of Topliss-reactive ketones (excluding diaryl/α,β-unsaturated/α-hetero) is 1. The normalized spacial score (nSPS) is 10.6. The number of carbonyl (C=O) groups excluding carboxylic acids is 1. The van der Waals surface area contributed by atoms with Crippen LogP contribution in [0.2, 0.25) is 5.02 Å². The van der Waals surface area contributed by atoms with E-state index in [-0.39, 0.29) is 5.78 Å². The minimum atomic E-state index is 0.0971. The van der Waals surface area contributed by atoms with Gasteiger partial charge < -0.3 is 4.57 Å². The van der Waals surface area contributed by atoms with Gasteiger partial charge in [0, 0.05) is 42.9 Å². The molecule has 0 saturated carbocycles. The fraction of sp³-hybridized carbons (Fsp3) is 0.286. The third kappa shape index (κ3) is 2.79. The zero-order chi connectivity index (χ0) is 13.1. The Labute approximate surface area is 111 Å². The van der Waals surface area contributed by atoms with Crippen LogP contribution in [0, 0.1) is 6.92 Å². The predicted octanol–water partition coefficient (Wildman–Crippen LogP) is 3.20. The van der Waals surface area contributed by atoms with Crippen LogP contribution in [0.1, 0.15) is 28.2 Å². The molecule has 0 fully saturated rings. The summed E-state index contributed by atoms with van der Waals surface area (Å²) in [7, 11) is 1.93. The summed E-state index contributed by atoms with van der Waals surface area (Å²) in [6, 6.07) is 5.43. The molecular weight excluding hydrogens is 248 g/mol. The number of carbonyl (C=O) groups is 1. The standard InChI is InChI=1S/C14H15ClN2O/c1-10-3-4-11(9-12(10)15)13(18)5-6-14-16-7-8-17(14)2/h3-4,7-9H,5-6H2,1-2H3. The van der Waals surface area contributed by atoms with Gasteiger partial charge in [-0.1, -0.05) is 23.7 Å². The maximum absolute atomic E-state index is 12.0. The third-order valence-corrected chi connectivity index (χ3v) is 3.40. The van der Waals surface area contributed by atoms with Crippen molar-refractivity contribution in [2.45, 2.75) is 19.8 Å². The van der Waals surface area contributed by atoms with Crippen LogP contribution >= 0.6 is 11.6 Å². The summed E-state index contributed by atoms with van der Waals surface area (Å²) in [5, 5.41) is 0.637. The Kier molecular flexibility index (Phi) is 3.82. The van der Waals surface area contributed by atoms with Gasteiger partial charge in [0.05, 0.1) is 0 Å². The first-order valence-corrected chi connectivity index (χ1v) is 6.21. The van der Waals surface area contributed by atoms with Crippen molar-refractivity contribution in [3.05, 3.63) is 52.6 Å².